The van der Waals surface area contributed by atoms with E-state index in [-0.39, 0.29) is 0 Å². The molecule has 4 saturated carbocycles. The zero-order valence-electron chi connectivity index (χ0n) is 10.1. The molecule has 6 unspecified atom stereocenters. The molecule has 0 nitrogen and oxygen atoms in total. The first-order valence-corrected chi connectivity index (χ1v) is 6.44. The van der Waals surface area contributed by atoms with Crippen molar-refractivity contribution in [2.24, 2.45) is 34.5 Å². The van der Waals surface area contributed by atoms with E-state index in [2.05, 4.69) is 27.7 Å². The van der Waals surface area contributed by atoms with Crippen LogP contribution in [0.4, 0.5) is 0 Å². The maximum absolute atomic E-state index is 2.57. The van der Waals surface area contributed by atoms with Crippen molar-refractivity contribution in [2.45, 2.75) is 53.4 Å². The lowest BCUT2D eigenvalue weighted by Gasteiger charge is -2.66. The Kier molecular flexibility index (Phi) is 1.58. The largest absolute Gasteiger partial charge is 0.0620 e. The molecule has 0 aliphatic heterocycles. The molecule has 6 atom stereocenters. The van der Waals surface area contributed by atoms with Crippen LogP contribution < -0.4 is 0 Å². The van der Waals surface area contributed by atoms with Gasteiger partial charge in [-0.15, -0.1) is 0 Å². The van der Waals surface area contributed by atoms with Gasteiger partial charge in [0.05, 0.1) is 0 Å². The van der Waals surface area contributed by atoms with Crippen LogP contribution >= 0.6 is 0 Å². The number of rotatable bonds is 0. The zero-order chi connectivity index (χ0) is 10.1. The van der Waals surface area contributed by atoms with E-state index in [1.165, 1.54) is 25.7 Å². The third-order valence-electron chi connectivity index (χ3n) is 6.20. The summed E-state index contributed by atoms with van der Waals surface area (Å²) in [5.74, 6) is 4.12. The average molecular weight is 192 g/mol. The van der Waals surface area contributed by atoms with E-state index in [1.807, 2.05) is 0 Å². The van der Waals surface area contributed by atoms with Crippen molar-refractivity contribution in [1.29, 1.82) is 0 Å². The molecular weight excluding hydrogens is 168 g/mol. The van der Waals surface area contributed by atoms with Gasteiger partial charge in [-0.1, -0.05) is 27.7 Å². The van der Waals surface area contributed by atoms with Gasteiger partial charge in [-0.3, -0.25) is 0 Å². The fraction of sp³-hybridized carbons (Fsp3) is 1.00. The van der Waals surface area contributed by atoms with Crippen molar-refractivity contribution in [3.63, 3.8) is 0 Å². The normalized spacial score (nSPS) is 66.0. The van der Waals surface area contributed by atoms with Gasteiger partial charge in [0.1, 0.15) is 0 Å². The van der Waals surface area contributed by atoms with Gasteiger partial charge in [-0.25, -0.2) is 0 Å². The van der Waals surface area contributed by atoms with E-state index in [4.69, 9.17) is 0 Å². The number of hydrogen-bond acceptors (Lipinski definition) is 0. The van der Waals surface area contributed by atoms with E-state index >= 15 is 0 Å². The summed E-state index contributed by atoms with van der Waals surface area (Å²) in [6.07, 6.45) is 6.11. The second kappa shape index (κ2) is 2.39. The summed E-state index contributed by atoms with van der Waals surface area (Å²) in [5, 5.41) is 0. The Morgan fingerprint density at radius 3 is 2.43 bits per heavy atom. The Bertz CT molecular complexity index is 269. The third kappa shape index (κ3) is 0.955. The zero-order valence-corrected chi connectivity index (χ0v) is 10.1. The van der Waals surface area contributed by atoms with Gasteiger partial charge in [0.15, 0.2) is 0 Å². The molecule has 80 valence electrons. The molecule has 0 radical (unpaired) electrons. The highest BCUT2D eigenvalue weighted by Gasteiger charge is 2.59. The van der Waals surface area contributed by atoms with E-state index in [1.54, 1.807) is 0 Å². The quantitative estimate of drug-likeness (QED) is 0.542. The molecular formula is C14H24. The second-order valence-corrected chi connectivity index (χ2v) is 7.33. The van der Waals surface area contributed by atoms with Gasteiger partial charge >= 0.3 is 0 Å². The first-order chi connectivity index (χ1) is 6.44. The Morgan fingerprint density at radius 1 is 1.00 bits per heavy atom. The van der Waals surface area contributed by atoms with Crippen LogP contribution in [0.25, 0.3) is 0 Å². The van der Waals surface area contributed by atoms with Crippen LogP contribution in [0, 0.1) is 34.5 Å². The van der Waals surface area contributed by atoms with Gasteiger partial charge in [0.2, 0.25) is 0 Å². The molecule has 4 aliphatic carbocycles. The monoisotopic (exact) mass is 192 g/mol. The van der Waals surface area contributed by atoms with Gasteiger partial charge < -0.3 is 0 Å². The van der Waals surface area contributed by atoms with Crippen LogP contribution in [0.2, 0.25) is 0 Å². The molecule has 0 amide bonds. The average Bonchev–Trinajstić information content (AvgIpc) is 2.07. The van der Waals surface area contributed by atoms with Crippen molar-refractivity contribution in [3.05, 3.63) is 0 Å². The summed E-state index contributed by atoms with van der Waals surface area (Å²) < 4.78 is 0. The minimum atomic E-state index is 0.701. The van der Waals surface area contributed by atoms with Crippen LogP contribution in [0.15, 0.2) is 0 Å². The topological polar surface area (TPSA) is 0 Å². The third-order valence-corrected chi connectivity index (χ3v) is 6.20. The maximum Gasteiger partial charge on any atom is -0.0290 e. The van der Waals surface area contributed by atoms with Crippen molar-refractivity contribution in [2.75, 3.05) is 0 Å². The first-order valence-electron chi connectivity index (χ1n) is 6.44. The van der Waals surface area contributed by atoms with Crippen molar-refractivity contribution in [1.82, 2.24) is 0 Å². The van der Waals surface area contributed by atoms with Crippen LogP contribution in [0.3, 0.4) is 0 Å². The van der Waals surface area contributed by atoms with E-state index in [0.717, 1.165) is 29.1 Å². The molecule has 4 bridgehead atoms. The minimum absolute atomic E-state index is 0.701. The molecule has 0 aromatic carbocycles. The maximum atomic E-state index is 2.57. The lowest BCUT2D eigenvalue weighted by atomic mass is 9.39. The summed E-state index contributed by atoms with van der Waals surface area (Å²) >= 11 is 0. The Morgan fingerprint density at radius 2 is 1.71 bits per heavy atom. The molecule has 14 heavy (non-hydrogen) atoms. The van der Waals surface area contributed by atoms with Gasteiger partial charge in [0, 0.05) is 0 Å². The molecule has 0 heterocycles. The highest BCUT2D eigenvalue weighted by Crippen LogP contribution is 2.68. The fourth-order valence-corrected chi connectivity index (χ4v) is 5.55. The van der Waals surface area contributed by atoms with Gasteiger partial charge in [0.25, 0.3) is 0 Å². The predicted molar refractivity (Wildman–Crippen MR) is 60.0 cm³/mol. The molecule has 0 aromatic rings. The standard InChI is InChI=1S/C14H24/c1-9-11-5-13(3)7-12(9)10(2)14(4,6-11)8-13/h9-12H,5-8H2,1-4H3. The van der Waals surface area contributed by atoms with Crippen LogP contribution in [0.1, 0.15) is 53.4 Å². The smallest absolute Gasteiger partial charge is 0.0290 e. The molecule has 0 aromatic heterocycles. The lowest BCUT2D eigenvalue weighted by molar-refractivity contribution is -0.163. The summed E-state index contributed by atoms with van der Waals surface area (Å²) in [7, 11) is 0. The highest BCUT2D eigenvalue weighted by molar-refractivity contribution is 5.09. The van der Waals surface area contributed by atoms with Gasteiger partial charge in [-0.2, -0.15) is 0 Å². The summed E-state index contributed by atoms with van der Waals surface area (Å²) in [6.45, 7) is 10.2. The van der Waals surface area contributed by atoms with Gasteiger partial charge in [-0.05, 0) is 60.2 Å². The lowest BCUT2D eigenvalue weighted by Crippen LogP contribution is -2.57. The Labute approximate surface area is 88.5 Å². The fourth-order valence-electron chi connectivity index (χ4n) is 5.55. The van der Waals surface area contributed by atoms with E-state index in [0.29, 0.717) is 5.41 Å². The molecule has 4 aliphatic rings. The summed E-state index contributed by atoms with van der Waals surface area (Å²) in [4.78, 5) is 0. The van der Waals surface area contributed by atoms with Crippen molar-refractivity contribution >= 4 is 0 Å². The molecule has 0 spiro atoms. The van der Waals surface area contributed by atoms with Crippen LogP contribution in [-0.2, 0) is 0 Å². The molecule has 0 heteroatoms. The molecule has 0 saturated heterocycles. The van der Waals surface area contributed by atoms with E-state index in [9.17, 15) is 0 Å². The predicted octanol–water partition coefficient (Wildman–Crippen LogP) is 4.10. The van der Waals surface area contributed by atoms with Crippen LogP contribution in [0.5, 0.6) is 0 Å². The SMILES string of the molecule is CC1C2CC3(C)CC1C(C)C(C)(C2)C3. The van der Waals surface area contributed by atoms with Crippen molar-refractivity contribution in [3.8, 4) is 0 Å². The first kappa shape index (κ1) is 9.24. The molecule has 0 N–H and O–H groups in total. The minimum Gasteiger partial charge on any atom is -0.0620 e. The number of hydrogen-bond donors (Lipinski definition) is 0. The van der Waals surface area contributed by atoms with Crippen LogP contribution in [-0.4, -0.2) is 0 Å². The summed E-state index contributed by atoms with van der Waals surface area (Å²) in [6, 6.07) is 0. The second-order valence-electron chi connectivity index (χ2n) is 7.33. The van der Waals surface area contributed by atoms with Crippen molar-refractivity contribution < 1.29 is 0 Å². The molecule has 4 fully saturated rings. The Hall–Kier alpha value is 0. The Balaban J connectivity index is 2.03. The molecule has 4 rings (SSSR count). The van der Waals surface area contributed by atoms with E-state index < -0.39 is 0 Å². The summed E-state index contributed by atoms with van der Waals surface area (Å²) in [5.41, 5.74) is 1.43. The highest BCUT2D eigenvalue weighted by atomic mass is 14.6.